The maximum atomic E-state index is 11.3. The highest BCUT2D eigenvalue weighted by atomic mass is 79.9. The Labute approximate surface area is 98.9 Å². The summed E-state index contributed by atoms with van der Waals surface area (Å²) in [5.74, 6) is -0.0135. The Morgan fingerprint density at radius 2 is 2.00 bits per heavy atom. The number of halogens is 1. The lowest BCUT2D eigenvalue weighted by Gasteiger charge is -2.26. The SMILES string of the molecule is C=C(Br)COC1CCC(C(=O)OC)CC1. The fourth-order valence-electron chi connectivity index (χ4n) is 1.84. The molecule has 0 heterocycles. The fraction of sp³-hybridized carbons (Fsp3) is 0.727. The molecule has 0 aromatic rings. The van der Waals surface area contributed by atoms with Gasteiger partial charge in [-0.05, 0) is 25.7 Å². The van der Waals surface area contributed by atoms with Crippen LogP contribution >= 0.6 is 15.9 Å². The van der Waals surface area contributed by atoms with Crippen LogP contribution in [0.15, 0.2) is 11.1 Å². The molecule has 0 aromatic carbocycles. The van der Waals surface area contributed by atoms with Gasteiger partial charge in [0, 0.05) is 4.48 Å². The van der Waals surface area contributed by atoms with Crippen molar-refractivity contribution in [1.29, 1.82) is 0 Å². The highest BCUT2D eigenvalue weighted by molar-refractivity contribution is 9.11. The molecule has 0 bridgehead atoms. The van der Waals surface area contributed by atoms with Crippen LogP contribution in [0.1, 0.15) is 25.7 Å². The smallest absolute Gasteiger partial charge is 0.308 e. The van der Waals surface area contributed by atoms with Crippen LogP contribution in [0.3, 0.4) is 0 Å². The number of hydrogen-bond acceptors (Lipinski definition) is 3. The minimum absolute atomic E-state index is 0.0713. The molecule has 0 atom stereocenters. The maximum absolute atomic E-state index is 11.3. The Bertz CT molecular complexity index is 232. The van der Waals surface area contributed by atoms with Crippen molar-refractivity contribution < 1.29 is 14.3 Å². The number of methoxy groups -OCH3 is 1. The molecule has 1 aliphatic carbocycles. The summed E-state index contributed by atoms with van der Waals surface area (Å²) in [5, 5.41) is 0. The second-order valence-electron chi connectivity index (χ2n) is 3.83. The van der Waals surface area contributed by atoms with Gasteiger partial charge in [-0.25, -0.2) is 0 Å². The molecule has 15 heavy (non-hydrogen) atoms. The van der Waals surface area contributed by atoms with E-state index in [1.54, 1.807) is 0 Å². The van der Waals surface area contributed by atoms with Crippen LogP contribution < -0.4 is 0 Å². The number of rotatable bonds is 4. The average molecular weight is 277 g/mol. The van der Waals surface area contributed by atoms with Crippen LogP contribution in [0.5, 0.6) is 0 Å². The third-order valence-electron chi connectivity index (χ3n) is 2.68. The van der Waals surface area contributed by atoms with Crippen LogP contribution in [0, 0.1) is 5.92 Å². The van der Waals surface area contributed by atoms with E-state index in [1.165, 1.54) is 7.11 Å². The molecule has 0 amide bonds. The van der Waals surface area contributed by atoms with Crippen molar-refractivity contribution in [1.82, 2.24) is 0 Å². The molecule has 3 nitrogen and oxygen atoms in total. The normalized spacial score (nSPS) is 26.0. The molecule has 0 aliphatic heterocycles. The van der Waals surface area contributed by atoms with Gasteiger partial charge in [-0.1, -0.05) is 22.5 Å². The van der Waals surface area contributed by atoms with Gasteiger partial charge in [0.2, 0.25) is 0 Å². The number of carbonyl (C=O) groups excluding carboxylic acids is 1. The zero-order valence-corrected chi connectivity index (χ0v) is 10.6. The van der Waals surface area contributed by atoms with Crippen molar-refractivity contribution in [3.05, 3.63) is 11.1 Å². The van der Waals surface area contributed by atoms with Gasteiger partial charge < -0.3 is 9.47 Å². The third-order valence-corrected chi connectivity index (χ3v) is 2.91. The lowest BCUT2D eigenvalue weighted by Crippen LogP contribution is -2.27. The summed E-state index contributed by atoms with van der Waals surface area (Å²) in [5.41, 5.74) is 0. The largest absolute Gasteiger partial charge is 0.469 e. The molecule has 1 aliphatic rings. The summed E-state index contributed by atoms with van der Waals surface area (Å²) in [7, 11) is 1.44. The quantitative estimate of drug-likeness (QED) is 0.741. The first-order valence-electron chi connectivity index (χ1n) is 5.16. The van der Waals surface area contributed by atoms with Crippen molar-refractivity contribution >= 4 is 21.9 Å². The Morgan fingerprint density at radius 1 is 1.40 bits per heavy atom. The second kappa shape index (κ2) is 6.28. The van der Waals surface area contributed by atoms with E-state index in [2.05, 4.69) is 22.5 Å². The minimum Gasteiger partial charge on any atom is -0.469 e. The molecule has 1 rings (SSSR count). The van der Waals surface area contributed by atoms with E-state index >= 15 is 0 Å². The van der Waals surface area contributed by atoms with Crippen molar-refractivity contribution in [2.75, 3.05) is 13.7 Å². The number of esters is 1. The topological polar surface area (TPSA) is 35.5 Å². The third kappa shape index (κ3) is 4.34. The van der Waals surface area contributed by atoms with E-state index in [9.17, 15) is 4.79 Å². The van der Waals surface area contributed by atoms with Gasteiger partial charge in [0.05, 0.1) is 25.7 Å². The van der Waals surface area contributed by atoms with Crippen molar-refractivity contribution in [3.8, 4) is 0 Å². The Kier molecular flexibility index (Phi) is 5.32. The van der Waals surface area contributed by atoms with Gasteiger partial charge in [-0.3, -0.25) is 4.79 Å². The highest BCUT2D eigenvalue weighted by Gasteiger charge is 2.27. The molecule has 0 spiro atoms. The summed E-state index contributed by atoms with van der Waals surface area (Å²) >= 11 is 3.25. The molecule has 1 saturated carbocycles. The maximum Gasteiger partial charge on any atom is 0.308 e. The van der Waals surface area contributed by atoms with Crippen LogP contribution in [-0.4, -0.2) is 25.8 Å². The highest BCUT2D eigenvalue weighted by Crippen LogP contribution is 2.27. The van der Waals surface area contributed by atoms with Gasteiger partial charge in [0.15, 0.2) is 0 Å². The first-order valence-corrected chi connectivity index (χ1v) is 5.95. The fourth-order valence-corrected chi connectivity index (χ4v) is 1.97. The molecule has 0 unspecified atom stereocenters. The molecule has 1 fully saturated rings. The summed E-state index contributed by atoms with van der Waals surface area (Å²) in [6, 6.07) is 0. The van der Waals surface area contributed by atoms with E-state index in [0.29, 0.717) is 6.61 Å². The molecular weight excluding hydrogens is 260 g/mol. The van der Waals surface area contributed by atoms with Crippen LogP contribution in [0.25, 0.3) is 0 Å². The van der Waals surface area contributed by atoms with Crippen LogP contribution in [0.4, 0.5) is 0 Å². The van der Waals surface area contributed by atoms with Crippen molar-refractivity contribution in [2.24, 2.45) is 5.92 Å². The van der Waals surface area contributed by atoms with Crippen LogP contribution in [0.2, 0.25) is 0 Å². The predicted octanol–water partition coefficient (Wildman–Crippen LogP) is 2.64. The first kappa shape index (κ1) is 12.7. The zero-order valence-electron chi connectivity index (χ0n) is 9.00. The second-order valence-corrected chi connectivity index (χ2v) is 4.95. The number of carbonyl (C=O) groups is 1. The Morgan fingerprint density at radius 3 is 2.47 bits per heavy atom. The minimum atomic E-state index is -0.0849. The Hall–Kier alpha value is -0.350. The van der Waals surface area contributed by atoms with Gasteiger partial charge in [-0.15, -0.1) is 0 Å². The van der Waals surface area contributed by atoms with E-state index in [4.69, 9.17) is 9.47 Å². The first-order chi connectivity index (χ1) is 7.13. The predicted molar refractivity (Wildman–Crippen MR) is 61.8 cm³/mol. The summed E-state index contributed by atoms with van der Waals surface area (Å²) in [4.78, 5) is 11.3. The van der Waals surface area contributed by atoms with Gasteiger partial charge >= 0.3 is 5.97 Å². The molecule has 0 aromatic heterocycles. The summed E-state index contributed by atoms with van der Waals surface area (Å²) in [6.07, 6.45) is 3.86. The summed E-state index contributed by atoms with van der Waals surface area (Å²) in [6.45, 7) is 4.26. The molecule has 4 heteroatoms. The van der Waals surface area contributed by atoms with E-state index in [-0.39, 0.29) is 18.0 Å². The van der Waals surface area contributed by atoms with Gasteiger partial charge in [-0.2, -0.15) is 0 Å². The van der Waals surface area contributed by atoms with E-state index in [0.717, 1.165) is 30.2 Å². The molecular formula is C11H17BrO3. The monoisotopic (exact) mass is 276 g/mol. The molecule has 86 valence electrons. The summed E-state index contributed by atoms with van der Waals surface area (Å²) < 4.78 is 11.2. The Balaban J connectivity index is 2.23. The lowest BCUT2D eigenvalue weighted by atomic mass is 9.87. The standard InChI is InChI=1S/C11H17BrO3/c1-8(12)7-15-10-5-3-9(4-6-10)11(13)14-2/h9-10H,1,3-7H2,2H3. The molecule has 0 radical (unpaired) electrons. The van der Waals surface area contributed by atoms with E-state index in [1.807, 2.05) is 0 Å². The average Bonchev–Trinajstić information content (AvgIpc) is 2.26. The number of hydrogen-bond donors (Lipinski definition) is 0. The zero-order chi connectivity index (χ0) is 11.3. The molecule has 0 N–H and O–H groups in total. The number of ether oxygens (including phenoxy) is 2. The van der Waals surface area contributed by atoms with Gasteiger partial charge in [0.1, 0.15) is 0 Å². The lowest BCUT2D eigenvalue weighted by molar-refractivity contribution is -0.147. The van der Waals surface area contributed by atoms with Crippen molar-refractivity contribution in [2.45, 2.75) is 31.8 Å². The molecule has 0 saturated heterocycles. The van der Waals surface area contributed by atoms with Crippen molar-refractivity contribution in [3.63, 3.8) is 0 Å². The van der Waals surface area contributed by atoms with Gasteiger partial charge in [0.25, 0.3) is 0 Å². The van der Waals surface area contributed by atoms with E-state index < -0.39 is 0 Å². The van der Waals surface area contributed by atoms with Crippen LogP contribution in [-0.2, 0) is 14.3 Å².